The summed E-state index contributed by atoms with van der Waals surface area (Å²) in [5.41, 5.74) is 1.49. The summed E-state index contributed by atoms with van der Waals surface area (Å²) in [6, 6.07) is 13.3. The Balaban J connectivity index is 1.59. The van der Waals surface area contributed by atoms with E-state index in [4.69, 9.17) is 4.74 Å². The third-order valence-corrected chi connectivity index (χ3v) is 4.05. The number of nitrogens with zero attached hydrogens (tertiary/aromatic N) is 5. The monoisotopic (exact) mass is 403 g/mol. The summed E-state index contributed by atoms with van der Waals surface area (Å²) in [4.78, 5) is 15.1. The van der Waals surface area contributed by atoms with Crippen LogP contribution in [0.3, 0.4) is 0 Å². The molecule has 0 atom stereocenters. The highest BCUT2D eigenvalue weighted by Gasteiger charge is 2.14. The van der Waals surface area contributed by atoms with Crippen molar-refractivity contribution in [2.45, 2.75) is 19.7 Å². The average Bonchev–Trinajstić information content (AvgIpc) is 3.17. The molecule has 1 amide bonds. The minimum atomic E-state index is -2.87. The van der Waals surface area contributed by atoms with Crippen LogP contribution in [0.25, 0.3) is 11.4 Å². The number of likely N-dealkylation sites (N-methyl/N-ethyl adjacent to an activating group) is 1. The zero-order chi connectivity index (χ0) is 20.8. The molecular weight excluding hydrogens is 384 g/mol. The van der Waals surface area contributed by atoms with Gasteiger partial charge in [-0.05, 0) is 35.0 Å². The fourth-order valence-electron chi connectivity index (χ4n) is 2.57. The first-order valence-electron chi connectivity index (χ1n) is 8.64. The number of methoxy groups -OCH3 is 1. The maximum atomic E-state index is 12.4. The van der Waals surface area contributed by atoms with Crippen LogP contribution in [0.1, 0.15) is 5.56 Å². The summed E-state index contributed by atoms with van der Waals surface area (Å²) in [6.45, 7) is -2.66. The van der Waals surface area contributed by atoms with Crippen molar-refractivity contribution in [3.05, 3.63) is 54.1 Å². The molecule has 0 N–H and O–H groups in total. The van der Waals surface area contributed by atoms with Crippen LogP contribution in [0, 0.1) is 0 Å². The molecule has 0 aliphatic rings. The van der Waals surface area contributed by atoms with Crippen molar-refractivity contribution in [3.63, 3.8) is 0 Å². The lowest BCUT2D eigenvalue weighted by Gasteiger charge is -2.17. The van der Waals surface area contributed by atoms with Crippen molar-refractivity contribution in [1.29, 1.82) is 0 Å². The van der Waals surface area contributed by atoms with Crippen molar-refractivity contribution < 1.29 is 23.0 Å². The quantitative estimate of drug-likeness (QED) is 0.575. The molecule has 0 aliphatic carbocycles. The van der Waals surface area contributed by atoms with Crippen molar-refractivity contribution in [3.8, 4) is 22.9 Å². The highest BCUT2D eigenvalue weighted by atomic mass is 19.3. The Kier molecular flexibility index (Phi) is 6.32. The van der Waals surface area contributed by atoms with E-state index in [1.54, 1.807) is 38.4 Å². The predicted octanol–water partition coefficient (Wildman–Crippen LogP) is 2.61. The molecular formula is C19H19F2N5O3. The van der Waals surface area contributed by atoms with Gasteiger partial charge < -0.3 is 14.4 Å². The molecule has 8 nitrogen and oxygen atoms in total. The maximum Gasteiger partial charge on any atom is 0.387 e. The molecule has 0 unspecified atom stereocenters. The summed E-state index contributed by atoms with van der Waals surface area (Å²) in [5.74, 6) is 0.885. The number of rotatable bonds is 8. The number of hydrogen-bond acceptors (Lipinski definition) is 6. The second-order valence-corrected chi connectivity index (χ2v) is 6.15. The van der Waals surface area contributed by atoms with Crippen molar-refractivity contribution >= 4 is 5.91 Å². The third-order valence-electron chi connectivity index (χ3n) is 4.05. The van der Waals surface area contributed by atoms with Gasteiger partial charge in [-0.3, -0.25) is 4.79 Å². The van der Waals surface area contributed by atoms with E-state index < -0.39 is 6.61 Å². The number of alkyl halides is 2. The Hall–Kier alpha value is -3.56. The van der Waals surface area contributed by atoms with Crippen LogP contribution < -0.4 is 9.47 Å². The third kappa shape index (κ3) is 5.47. The lowest BCUT2D eigenvalue weighted by atomic mass is 10.2. The second kappa shape index (κ2) is 9.09. The Morgan fingerprint density at radius 1 is 1.17 bits per heavy atom. The van der Waals surface area contributed by atoms with Gasteiger partial charge >= 0.3 is 6.61 Å². The molecule has 29 heavy (non-hydrogen) atoms. The van der Waals surface area contributed by atoms with Crippen LogP contribution in [0.2, 0.25) is 0 Å². The first-order valence-corrected chi connectivity index (χ1v) is 8.64. The standard InChI is InChI=1S/C19H19F2N5O3/c1-25(11-13-6-8-15(9-7-13)29-19(20)21)17(27)12-26-23-18(22-24-26)14-4-3-5-16(10-14)28-2/h3-10,19H,11-12H2,1-2H3. The average molecular weight is 403 g/mol. The molecule has 10 heteroatoms. The predicted molar refractivity (Wildman–Crippen MR) is 99.4 cm³/mol. The van der Waals surface area contributed by atoms with Gasteiger partial charge in [0.25, 0.3) is 0 Å². The largest absolute Gasteiger partial charge is 0.497 e. The number of carbonyl (C=O) groups is 1. The molecule has 0 aliphatic heterocycles. The number of halogens is 2. The van der Waals surface area contributed by atoms with Gasteiger partial charge in [-0.25, -0.2) is 0 Å². The molecule has 1 heterocycles. The second-order valence-electron chi connectivity index (χ2n) is 6.15. The molecule has 152 valence electrons. The van der Waals surface area contributed by atoms with E-state index in [0.717, 1.165) is 11.1 Å². The van der Waals surface area contributed by atoms with Crippen LogP contribution in [-0.4, -0.2) is 51.8 Å². The fourth-order valence-corrected chi connectivity index (χ4v) is 2.57. The van der Waals surface area contributed by atoms with E-state index in [1.165, 1.54) is 21.8 Å². The number of carbonyl (C=O) groups excluding carboxylic acids is 1. The van der Waals surface area contributed by atoms with Crippen molar-refractivity contribution in [2.24, 2.45) is 0 Å². The molecule has 3 rings (SSSR count). The Bertz CT molecular complexity index is 962. The van der Waals surface area contributed by atoms with Crippen LogP contribution in [-0.2, 0) is 17.9 Å². The zero-order valence-corrected chi connectivity index (χ0v) is 15.8. The molecule has 2 aromatic carbocycles. The molecule has 0 spiro atoms. The van der Waals surface area contributed by atoms with E-state index in [-0.39, 0.29) is 18.2 Å². The van der Waals surface area contributed by atoms with Gasteiger partial charge in [0.2, 0.25) is 11.7 Å². The van der Waals surface area contributed by atoms with Gasteiger partial charge in [0.05, 0.1) is 7.11 Å². The smallest absolute Gasteiger partial charge is 0.387 e. The number of ether oxygens (including phenoxy) is 2. The highest BCUT2D eigenvalue weighted by molar-refractivity contribution is 5.75. The van der Waals surface area contributed by atoms with E-state index in [1.807, 2.05) is 12.1 Å². The molecule has 0 saturated carbocycles. The number of amides is 1. The lowest BCUT2D eigenvalue weighted by Crippen LogP contribution is -2.30. The molecule has 0 radical (unpaired) electrons. The SMILES string of the molecule is COc1cccc(-c2nnn(CC(=O)N(C)Cc3ccc(OC(F)F)cc3)n2)c1. The lowest BCUT2D eigenvalue weighted by molar-refractivity contribution is -0.131. The molecule has 1 aromatic heterocycles. The Labute approximate surface area is 165 Å². The maximum absolute atomic E-state index is 12.4. The van der Waals surface area contributed by atoms with Crippen LogP contribution in [0.5, 0.6) is 11.5 Å². The number of hydrogen-bond donors (Lipinski definition) is 0. The van der Waals surface area contributed by atoms with Gasteiger partial charge in [-0.2, -0.15) is 13.6 Å². The highest BCUT2D eigenvalue weighted by Crippen LogP contribution is 2.20. The molecule has 0 bridgehead atoms. The van der Waals surface area contributed by atoms with Crippen molar-refractivity contribution in [2.75, 3.05) is 14.2 Å². The van der Waals surface area contributed by atoms with Crippen LogP contribution in [0.4, 0.5) is 8.78 Å². The normalized spacial score (nSPS) is 10.8. The summed E-state index contributed by atoms with van der Waals surface area (Å²) in [5, 5.41) is 12.1. The molecule has 0 saturated heterocycles. The van der Waals surface area contributed by atoms with E-state index in [2.05, 4.69) is 20.1 Å². The van der Waals surface area contributed by atoms with Crippen LogP contribution in [0.15, 0.2) is 48.5 Å². The fraction of sp³-hybridized carbons (Fsp3) is 0.263. The van der Waals surface area contributed by atoms with Gasteiger partial charge in [-0.15, -0.1) is 10.2 Å². The van der Waals surface area contributed by atoms with Gasteiger partial charge in [0.15, 0.2) is 0 Å². The van der Waals surface area contributed by atoms with Gasteiger partial charge in [-0.1, -0.05) is 24.3 Å². The first kappa shape index (κ1) is 20.2. The van der Waals surface area contributed by atoms with E-state index >= 15 is 0 Å². The van der Waals surface area contributed by atoms with E-state index in [9.17, 15) is 13.6 Å². The first-order chi connectivity index (χ1) is 13.9. The minimum Gasteiger partial charge on any atom is -0.497 e. The van der Waals surface area contributed by atoms with Crippen molar-refractivity contribution in [1.82, 2.24) is 25.1 Å². The van der Waals surface area contributed by atoms with Gasteiger partial charge in [0.1, 0.15) is 18.0 Å². The summed E-state index contributed by atoms with van der Waals surface area (Å²) in [6.07, 6.45) is 0. The number of aromatic nitrogens is 4. The summed E-state index contributed by atoms with van der Waals surface area (Å²) < 4.78 is 33.9. The number of tetrazole rings is 1. The molecule has 3 aromatic rings. The Morgan fingerprint density at radius 2 is 1.93 bits per heavy atom. The zero-order valence-electron chi connectivity index (χ0n) is 15.8. The summed E-state index contributed by atoms with van der Waals surface area (Å²) >= 11 is 0. The van der Waals surface area contributed by atoms with E-state index in [0.29, 0.717) is 18.1 Å². The molecule has 0 fully saturated rings. The topological polar surface area (TPSA) is 82.4 Å². The summed E-state index contributed by atoms with van der Waals surface area (Å²) in [7, 11) is 3.20. The minimum absolute atomic E-state index is 0.0645. The Morgan fingerprint density at radius 3 is 2.62 bits per heavy atom. The van der Waals surface area contributed by atoms with Crippen LogP contribution >= 0.6 is 0 Å². The number of benzene rings is 2. The van der Waals surface area contributed by atoms with Gasteiger partial charge in [0, 0.05) is 19.2 Å².